The Hall–Kier alpha value is -7.44. The van der Waals surface area contributed by atoms with Gasteiger partial charge in [-0.1, -0.05) is 72.8 Å². The van der Waals surface area contributed by atoms with Gasteiger partial charge in [0.05, 0.1) is 28.6 Å². The van der Waals surface area contributed by atoms with Crippen LogP contribution >= 0.6 is 0 Å². The quantitative estimate of drug-likeness (QED) is 0.171. The predicted molar refractivity (Wildman–Crippen MR) is 233 cm³/mol. The van der Waals surface area contributed by atoms with Gasteiger partial charge in [0.2, 0.25) is 0 Å². The first kappa shape index (κ1) is 32.9. The summed E-state index contributed by atoms with van der Waals surface area (Å²) >= 11 is 0. The molecule has 2 unspecified atom stereocenters. The summed E-state index contributed by atoms with van der Waals surface area (Å²) < 4.78 is 2.36. The monoisotopic (exact) mass is 732 g/mol. The minimum absolute atomic E-state index is 0.0727. The molecule has 0 spiro atoms. The fraction of sp³-hybridized carbons (Fsp3) is 0.0588. The molecule has 6 nitrogen and oxygen atoms in total. The number of pyridine rings is 3. The summed E-state index contributed by atoms with van der Waals surface area (Å²) in [5, 5.41) is 1.12. The van der Waals surface area contributed by atoms with Crippen molar-refractivity contribution in [1.29, 1.82) is 0 Å². The first-order valence-corrected chi connectivity index (χ1v) is 19.4. The molecule has 0 N–H and O–H groups in total. The van der Waals surface area contributed by atoms with E-state index in [1.54, 1.807) is 0 Å². The van der Waals surface area contributed by atoms with Gasteiger partial charge in [0.25, 0.3) is 0 Å². The van der Waals surface area contributed by atoms with E-state index in [4.69, 9.17) is 9.98 Å². The lowest BCUT2D eigenvalue weighted by atomic mass is 9.88. The SMILES string of the molecule is C1=CC2CC(N=C1)c1cc(-c3cccc(-c4cccnc4)c3)ccc1N2c1cccc(-n2c3ccc(-c4cccc(-c5cccnc5)c4)cc3c3ncccc32)c1. The lowest BCUT2D eigenvalue weighted by Gasteiger charge is -2.40. The molecular formula is C51H36N6. The Kier molecular flexibility index (Phi) is 7.91. The summed E-state index contributed by atoms with van der Waals surface area (Å²) in [5.74, 6) is 0. The lowest BCUT2D eigenvalue weighted by Crippen LogP contribution is -2.35. The number of allylic oxidation sites excluding steroid dienone is 1. The smallest absolute Gasteiger partial charge is 0.0963 e. The van der Waals surface area contributed by atoms with Gasteiger partial charge >= 0.3 is 0 Å². The number of anilines is 2. The third-order valence-electron chi connectivity index (χ3n) is 11.4. The normalized spacial score (nSPS) is 15.8. The number of hydrogen-bond acceptors (Lipinski definition) is 5. The van der Waals surface area contributed by atoms with Crippen molar-refractivity contribution in [1.82, 2.24) is 19.5 Å². The van der Waals surface area contributed by atoms with Crippen LogP contribution in [0.1, 0.15) is 18.0 Å². The molecule has 0 saturated carbocycles. The number of benzene rings is 5. The van der Waals surface area contributed by atoms with Crippen molar-refractivity contribution in [3.63, 3.8) is 0 Å². The standard InChI is InChI=1S/C51H36N6/c1-8-34(26-36(10-1)40-12-4-22-52-32-40)38-18-20-48-45(28-38)47-31-44(16-6-24-54-47)56(48)42-14-3-15-43(30-42)57-49-21-19-39(29-46(49)51-50(57)17-7-25-55-51)35-9-2-11-37(27-35)41-13-5-23-53-33-41/h1-30,32-33,44,47H,31H2. The Morgan fingerprint density at radius 2 is 1.14 bits per heavy atom. The summed E-state index contributed by atoms with van der Waals surface area (Å²) in [7, 11) is 0. The summed E-state index contributed by atoms with van der Waals surface area (Å²) in [5.41, 5.74) is 17.0. The average molecular weight is 733 g/mol. The first-order chi connectivity index (χ1) is 28.2. The van der Waals surface area contributed by atoms with Crippen molar-refractivity contribution in [3.8, 4) is 50.2 Å². The molecule has 270 valence electrons. The maximum Gasteiger partial charge on any atom is 0.0963 e. The highest BCUT2D eigenvalue weighted by atomic mass is 15.2. The third kappa shape index (κ3) is 5.81. The summed E-state index contributed by atoms with van der Waals surface area (Å²) in [6, 6.07) is 52.6. The Morgan fingerprint density at radius 3 is 1.88 bits per heavy atom. The minimum atomic E-state index is 0.0727. The zero-order valence-corrected chi connectivity index (χ0v) is 31.0. The molecular weight excluding hydrogens is 697 g/mol. The minimum Gasteiger partial charge on any atom is -0.334 e. The molecule has 6 heteroatoms. The van der Waals surface area contributed by atoms with Crippen molar-refractivity contribution < 1.29 is 0 Å². The molecule has 2 atom stereocenters. The maximum atomic E-state index is 5.03. The number of hydrogen-bond donors (Lipinski definition) is 0. The van der Waals surface area contributed by atoms with Gasteiger partial charge in [-0.25, -0.2) is 0 Å². The van der Waals surface area contributed by atoms with Crippen LogP contribution in [0.5, 0.6) is 0 Å². The van der Waals surface area contributed by atoms with Crippen LogP contribution in [0.15, 0.2) is 194 Å². The molecule has 2 aliphatic rings. The average Bonchev–Trinajstić information content (AvgIpc) is 3.47. The van der Waals surface area contributed by atoms with E-state index < -0.39 is 0 Å². The highest BCUT2D eigenvalue weighted by Gasteiger charge is 2.33. The molecule has 57 heavy (non-hydrogen) atoms. The van der Waals surface area contributed by atoms with Gasteiger partial charge in [0.15, 0.2) is 0 Å². The number of aromatic nitrogens is 4. The highest BCUT2D eigenvalue weighted by Crippen LogP contribution is 2.46. The summed E-state index contributed by atoms with van der Waals surface area (Å²) in [6.07, 6.45) is 16.6. The Labute approximate surface area is 330 Å². The Bertz CT molecular complexity index is 3020. The van der Waals surface area contributed by atoms with Crippen molar-refractivity contribution in [3.05, 3.63) is 194 Å². The van der Waals surface area contributed by atoms with Gasteiger partial charge in [-0.2, -0.15) is 0 Å². The van der Waals surface area contributed by atoms with E-state index in [0.29, 0.717) is 0 Å². The second kappa shape index (κ2) is 13.7. The van der Waals surface area contributed by atoms with Gasteiger partial charge in [0, 0.05) is 76.3 Å². The van der Waals surface area contributed by atoms with E-state index in [-0.39, 0.29) is 12.1 Å². The molecule has 4 aromatic heterocycles. The molecule has 0 saturated heterocycles. The van der Waals surface area contributed by atoms with Gasteiger partial charge in [-0.15, -0.1) is 0 Å². The van der Waals surface area contributed by atoms with Crippen LogP contribution in [0.2, 0.25) is 0 Å². The molecule has 0 aliphatic carbocycles. The fourth-order valence-electron chi connectivity index (χ4n) is 8.73. The van der Waals surface area contributed by atoms with E-state index in [0.717, 1.165) is 73.1 Å². The largest absolute Gasteiger partial charge is 0.334 e. The van der Waals surface area contributed by atoms with E-state index in [2.05, 4.69) is 159 Å². The van der Waals surface area contributed by atoms with E-state index in [9.17, 15) is 0 Å². The number of aliphatic imine (C=N–C) groups is 1. The molecule has 0 amide bonds. The summed E-state index contributed by atoms with van der Waals surface area (Å²) in [4.78, 5) is 21.1. The van der Waals surface area contributed by atoms with Crippen LogP contribution < -0.4 is 4.90 Å². The number of fused-ring (bicyclic) bond motifs is 7. The van der Waals surface area contributed by atoms with Crippen molar-refractivity contribution >= 4 is 39.5 Å². The molecule has 6 heterocycles. The maximum absolute atomic E-state index is 5.03. The Balaban J connectivity index is 1.00. The van der Waals surface area contributed by atoms with Gasteiger partial charge < -0.3 is 9.47 Å². The zero-order chi connectivity index (χ0) is 37.7. The second-order valence-corrected chi connectivity index (χ2v) is 14.7. The van der Waals surface area contributed by atoms with Gasteiger partial charge in [-0.3, -0.25) is 19.9 Å². The molecule has 0 radical (unpaired) electrons. The third-order valence-corrected chi connectivity index (χ3v) is 11.4. The first-order valence-electron chi connectivity index (χ1n) is 19.4. The van der Waals surface area contributed by atoms with Crippen molar-refractivity contribution in [2.24, 2.45) is 4.99 Å². The molecule has 9 aromatic rings. The fourth-order valence-corrected chi connectivity index (χ4v) is 8.73. The predicted octanol–water partition coefficient (Wildman–Crippen LogP) is 12.2. The van der Waals surface area contributed by atoms with Crippen LogP contribution in [0, 0.1) is 0 Å². The Morgan fingerprint density at radius 1 is 0.509 bits per heavy atom. The highest BCUT2D eigenvalue weighted by molar-refractivity contribution is 6.08. The van der Waals surface area contributed by atoms with Crippen molar-refractivity contribution in [2.75, 3.05) is 4.90 Å². The molecule has 5 aromatic carbocycles. The van der Waals surface area contributed by atoms with Gasteiger partial charge in [0.1, 0.15) is 0 Å². The van der Waals surface area contributed by atoms with Crippen LogP contribution in [0.4, 0.5) is 11.4 Å². The molecule has 2 aliphatic heterocycles. The second-order valence-electron chi connectivity index (χ2n) is 14.7. The zero-order valence-electron chi connectivity index (χ0n) is 31.0. The van der Waals surface area contributed by atoms with Crippen LogP contribution in [0.25, 0.3) is 72.1 Å². The van der Waals surface area contributed by atoms with Crippen LogP contribution in [-0.2, 0) is 0 Å². The molecule has 2 bridgehead atoms. The van der Waals surface area contributed by atoms with E-state index in [1.165, 1.54) is 22.4 Å². The van der Waals surface area contributed by atoms with Crippen LogP contribution in [-0.4, -0.2) is 31.8 Å². The molecule has 0 fully saturated rings. The summed E-state index contributed by atoms with van der Waals surface area (Å²) in [6.45, 7) is 0. The van der Waals surface area contributed by atoms with Crippen LogP contribution in [0.3, 0.4) is 0 Å². The van der Waals surface area contributed by atoms with Crippen molar-refractivity contribution in [2.45, 2.75) is 18.5 Å². The topological polar surface area (TPSA) is 59.2 Å². The number of nitrogens with zero attached hydrogens (tertiary/aromatic N) is 6. The number of rotatable bonds is 6. The van der Waals surface area contributed by atoms with E-state index >= 15 is 0 Å². The molecule has 11 rings (SSSR count). The lowest BCUT2D eigenvalue weighted by molar-refractivity contribution is 0.570. The van der Waals surface area contributed by atoms with E-state index in [1.807, 2.05) is 55.4 Å². The van der Waals surface area contributed by atoms with Gasteiger partial charge in [-0.05, 0) is 125 Å².